The molecule has 4 heteroatoms. The second kappa shape index (κ2) is 4.67. The minimum atomic E-state index is 0.307. The zero-order chi connectivity index (χ0) is 12.7. The molecule has 0 radical (unpaired) electrons. The van der Waals surface area contributed by atoms with Gasteiger partial charge in [-0.15, -0.1) is 0 Å². The minimum absolute atomic E-state index is 0.307. The summed E-state index contributed by atoms with van der Waals surface area (Å²) >= 11 is 3.52. The summed E-state index contributed by atoms with van der Waals surface area (Å²) in [5, 5.41) is 3.47. The molecular formula is C14H18BrN3. The van der Waals surface area contributed by atoms with Crippen LogP contribution in [-0.2, 0) is 0 Å². The Labute approximate surface area is 116 Å². The van der Waals surface area contributed by atoms with E-state index in [9.17, 15) is 0 Å². The second-order valence-electron chi connectivity index (χ2n) is 4.98. The lowest BCUT2D eigenvalue weighted by molar-refractivity contribution is 0.534. The summed E-state index contributed by atoms with van der Waals surface area (Å²) in [6.07, 6.45) is 2.57. The Hall–Kier alpha value is -0.870. The third-order valence-electron chi connectivity index (χ3n) is 3.49. The molecule has 1 atom stereocenters. The van der Waals surface area contributed by atoms with Gasteiger partial charge in [-0.1, -0.05) is 22.9 Å². The van der Waals surface area contributed by atoms with Gasteiger partial charge >= 0.3 is 0 Å². The standard InChI is InChI=1S/C14H18BrN3/c1-3-16-9(2)14-17-12-8-10(15)4-7-13(12)18(14)11-5-6-11/h4,7-9,11,16H,3,5-6H2,1-2H3. The molecule has 0 amide bonds. The molecule has 3 nitrogen and oxygen atoms in total. The van der Waals surface area contributed by atoms with Gasteiger partial charge < -0.3 is 9.88 Å². The van der Waals surface area contributed by atoms with E-state index >= 15 is 0 Å². The van der Waals surface area contributed by atoms with Crippen molar-refractivity contribution in [3.63, 3.8) is 0 Å². The smallest absolute Gasteiger partial charge is 0.127 e. The maximum absolute atomic E-state index is 4.82. The van der Waals surface area contributed by atoms with Crippen LogP contribution in [0.3, 0.4) is 0 Å². The Morgan fingerprint density at radius 1 is 1.50 bits per heavy atom. The Kier molecular flexibility index (Phi) is 3.16. The van der Waals surface area contributed by atoms with Crippen molar-refractivity contribution < 1.29 is 0 Å². The van der Waals surface area contributed by atoms with Crippen molar-refractivity contribution in [1.29, 1.82) is 0 Å². The van der Waals surface area contributed by atoms with Crippen LogP contribution in [0.25, 0.3) is 11.0 Å². The zero-order valence-electron chi connectivity index (χ0n) is 10.8. The van der Waals surface area contributed by atoms with Crippen molar-refractivity contribution in [3.05, 3.63) is 28.5 Å². The molecule has 96 valence electrons. The molecule has 2 aromatic rings. The fourth-order valence-corrected chi connectivity index (χ4v) is 2.86. The lowest BCUT2D eigenvalue weighted by Gasteiger charge is -2.14. The Balaban J connectivity index is 2.14. The van der Waals surface area contributed by atoms with Gasteiger partial charge in [0.1, 0.15) is 5.82 Å². The Morgan fingerprint density at radius 2 is 2.28 bits per heavy atom. The second-order valence-corrected chi connectivity index (χ2v) is 5.90. The van der Waals surface area contributed by atoms with Crippen LogP contribution in [-0.4, -0.2) is 16.1 Å². The molecule has 1 aliphatic carbocycles. The molecule has 18 heavy (non-hydrogen) atoms. The highest BCUT2D eigenvalue weighted by atomic mass is 79.9. The molecular weight excluding hydrogens is 290 g/mol. The van der Waals surface area contributed by atoms with Crippen LogP contribution in [0.2, 0.25) is 0 Å². The maximum atomic E-state index is 4.82. The monoisotopic (exact) mass is 307 g/mol. The average molecular weight is 308 g/mol. The average Bonchev–Trinajstić information content (AvgIpc) is 3.10. The first kappa shape index (κ1) is 12.2. The van der Waals surface area contributed by atoms with E-state index in [2.05, 4.69) is 57.9 Å². The van der Waals surface area contributed by atoms with Crippen LogP contribution in [0.1, 0.15) is 44.6 Å². The van der Waals surface area contributed by atoms with E-state index in [1.807, 2.05) is 0 Å². The number of halogens is 1. The molecule has 1 N–H and O–H groups in total. The molecule has 0 aliphatic heterocycles. The van der Waals surface area contributed by atoms with E-state index in [4.69, 9.17) is 4.98 Å². The van der Waals surface area contributed by atoms with Gasteiger partial charge in [0.2, 0.25) is 0 Å². The summed E-state index contributed by atoms with van der Waals surface area (Å²) < 4.78 is 3.52. The third-order valence-corrected chi connectivity index (χ3v) is 3.98. The fraction of sp³-hybridized carbons (Fsp3) is 0.500. The van der Waals surface area contributed by atoms with Gasteiger partial charge in [0.15, 0.2) is 0 Å². The lowest BCUT2D eigenvalue weighted by atomic mass is 10.3. The predicted molar refractivity (Wildman–Crippen MR) is 77.8 cm³/mol. The Morgan fingerprint density at radius 3 is 2.94 bits per heavy atom. The highest BCUT2D eigenvalue weighted by Gasteiger charge is 2.29. The van der Waals surface area contributed by atoms with Gasteiger partial charge in [-0.3, -0.25) is 0 Å². The number of hydrogen-bond acceptors (Lipinski definition) is 2. The van der Waals surface area contributed by atoms with Crippen molar-refractivity contribution >= 4 is 27.0 Å². The van der Waals surface area contributed by atoms with E-state index < -0.39 is 0 Å². The quantitative estimate of drug-likeness (QED) is 0.931. The zero-order valence-corrected chi connectivity index (χ0v) is 12.4. The van der Waals surface area contributed by atoms with Crippen LogP contribution < -0.4 is 5.32 Å². The molecule has 1 saturated carbocycles. The number of aromatic nitrogens is 2. The molecule has 1 fully saturated rings. The molecule has 1 aromatic carbocycles. The molecule has 1 unspecified atom stereocenters. The summed E-state index contributed by atoms with van der Waals surface area (Å²) in [5.41, 5.74) is 2.36. The van der Waals surface area contributed by atoms with Crippen LogP contribution in [0.15, 0.2) is 22.7 Å². The normalized spacial score (nSPS) is 17.3. The van der Waals surface area contributed by atoms with Gasteiger partial charge in [-0.05, 0) is 44.5 Å². The van der Waals surface area contributed by atoms with E-state index in [0.29, 0.717) is 12.1 Å². The first-order chi connectivity index (χ1) is 8.70. The molecule has 1 aromatic heterocycles. The van der Waals surface area contributed by atoms with Crippen molar-refractivity contribution in [3.8, 4) is 0 Å². The van der Waals surface area contributed by atoms with E-state index in [0.717, 1.165) is 16.5 Å². The topological polar surface area (TPSA) is 29.9 Å². The highest BCUT2D eigenvalue weighted by molar-refractivity contribution is 9.10. The molecule has 0 spiro atoms. The molecule has 0 saturated heterocycles. The number of nitrogens with zero attached hydrogens (tertiary/aromatic N) is 2. The van der Waals surface area contributed by atoms with Crippen molar-refractivity contribution in [1.82, 2.24) is 14.9 Å². The van der Waals surface area contributed by atoms with Gasteiger partial charge in [-0.25, -0.2) is 4.98 Å². The third kappa shape index (κ3) is 2.08. The molecule has 0 bridgehead atoms. The number of rotatable bonds is 4. The first-order valence-electron chi connectivity index (χ1n) is 6.61. The number of fused-ring (bicyclic) bond motifs is 1. The van der Waals surface area contributed by atoms with Crippen LogP contribution in [0, 0.1) is 0 Å². The summed E-state index contributed by atoms with van der Waals surface area (Å²) in [7, 11) is 0. The number of imidazole rings is 1. The van der Waals surface area contributed by atoms with Gasteiger partial charge in [0.25, 0.3) is 0 Å². The van der Waals surface area contributed by atoms with Gasteiger partial charge in [0.05, 0.1) is 17.1 Å². The van der Waals surface area contributed by atoms with Crippen LogP contribution >= 0.6 is 15.9 Å². The lowest BCUT2D eigenvalue weighted by Crippen LogP contribution is -2.21. The predicted octanol–water partition coefficient (Wildman–Crippen LogP) is 3.80. The van der Waals surface area contributed by atoms with Gasteiger partial charge in [0, 0.05) is 10.5 Å². The Bertz CT molecular complexity index is 572. The highest BCUT2D eigenvalue weighted by Crippen LogP contribution is 2.40. The fourth-order valence-electron chi connectivity index (χ4n) is 2.51. The van der Waals surface area contributed by atoms with Crippen LogP contribution in [0.4, 0.5) is 0 Å². The SMILES string of the molecule is CCNC(C)c1nc2cc(Br)ccc2n1C1CC1. The summed E-state index contributed by atoms with van der Waals surface area (Å²) in [6.45, 7) is 5.30. The summed E-state index contributed by atoms with van der Waals surface area (Å²) in [6, 6.07) is 7.35. The largest absolute Gasteiger partial charge is 0.324 e. The van der Waals surface area contributed by atoms with E-state index in [1.165, 1.54) is 24.2 Å². The number of benzene rings is 1. The summed E-state index contributed by atoms with van der Waals surface area (Å²) in [5.74, 6) is 1.17. The van der Waals surface area contributed by atoms with Gasteiger partial charge in [-0.2, -0.15) is 0 Å². The minimum Gasteiger partial charge on any atom is -0.324 e. The number of nitrogens with one attached hydrogen (secondary N) is 1. The van der Waals surface area contributed by atoms with Crippen LogP contribution in [0.5, 0.6) is 0 Å². The molecule has 3 rings (SSSR count). The van der Waals surface area contributed by atoms with Crippen molar-refractivity contribution in [2.75, 3.05) is 6.54 Å². The first-order valence-corrected chi connectivity index (χ1v) is 7.40. The summed E-state index contributed by atoms with van der Waals surface area (Å²) in [4.78, 5) is 4.82. The van der Waals surface area contributed by atoms with E-state index in [1.54, 1.807) is 0 Å². The maximum Gasteiger partial charge on any atom is 0.127 e. The number of hydrogen-bond donors (Lipinski definition) is 1. The van der Waals surface area contributed by atoms with Crippen molar-refractivity contribution in [2.24, 2.45) is 0 Å². The molecule has 1 heterocycles. The van der Waals surface area contributed by atoms with E-state index in [-0.39, 0.29) is 0 Å². The molecule has 1 aliphatic rings. The van der Waals surface area contributed by atoms with Crippen molar-refractivity contribution in [2.45, 2.75) is 38.8 Å².